The van der Waals surface area contributed by atoms with Crippen LogP contribution in [-0.4, -0.2) is 11.1 Å². The van der Waals surface area contributed by atoms with Gasteiger partial charge in [0, 0.05) is 24.8 Å². The van der Waals surface area contributed by atoms with Gasteiger partial charge in [-0.05, 0) is 42.1 Å². The van der Waals surface area contributed by atoms with Crippen LogP contribution in [0.3, 0.4) is 0 Å². The summed E-state index contributed by atoms with van der Waals surface area (Å²) in [6.45, 7) is 8.87. The largest absolute Gasteiger partial charge is 0.347 e. The minimum atomic E-state index is 0.949. The van der Waals surface area contributed by atoms with Gasteiger partial charge in [0.05, 0.1) is 0 Å². The molecule has 0 radical (unpaired) electrons. The molecule has 0 amide bonds. The second-order valence-electron chi connectivity index (χ2n) is 4.26. The summed E-state index contributed by atoms with van der Waals surface area (Å²) in [7, 11) is 0. The van der Waals surface area contributed by atoms with Crippen LogP contribution < -0.4 is 5.32 Å². The van der Waals surface area contributed by atoms with Gasteiger partial charge in [-0.1, -0.05) is 19.1 Å². The summed E-state index contributed by atoms with van der Waals surface area (Å²) in [5.41, 5.74) is 2.66. The Bertz CT molecular complexity index is 497. The molecule has 1 aromatic heterocycles. The maximum absolute atomic E-state index is 3.77. The highest BCUT2D eigenvalue weighted by molar-refractivity contribution is 5.80. The third kappa shape index (κ3) is 2.77. The van der Waals surface area contributed by atoms with E-state index in [9.17, 15) is 0 Å². The van der Waals surface area contributed by atoms with E-state index < -0.39 is 0 Å². The Kier molecular flexibility index (Phi) is 3.99. The molecule has 0 saturated carbocycles. The number of aromatic nitrogens is 1. The molecular weight excluding hydrogens is 208 g/mol. The first kappa shape index (κ1) is 11.9. The zero-order valence-corrected chi connectivity index (χ0v) is 10.4. The van der Waals surface area contributed by atoms with E-state index in [0.717, 1.165) is 26.1 Å². The van der Waals surface area contributed by atoms with E-state index >= 15 is 0 Å². The molecule has 0 fully saturated rings. The Morgan fingerprint density at radius 1 is 1.35 bits per heavy atom. The van der Waals surface area contributed by atoms with Crippen LogP contribution in [0.15, 0.2) is 43.1 Å². The predicted molar refractivity (Wildman–Crippen MR) is 74.1 cm³/mol. The van der Waals surface area contributed by atoms with E-state index in [4.69, 9.17) is 0 Å². The SMILES string of the molecule is C=CCCn1ccc2cc(CNCC)ccc21. The number of allylic oxidation sites excluding steroid dienone is 1. The lowest BCUT2D eigenvalue weighted by Gasteiger charge is -2.05. The lowest BCUT2D eigenvalue weighted by atomic mass is 10.1. The first-order chi connectivity index (χ1) is 8.35. The molecule has 1 aromatic carbocycles. The van der Waals surface area contributed by atoms with E-state index in [2.05, 4.69) is 53.8 Å². The van der Waals surface area contributed by atoms with Crippen LogP contribution >= 0.6 is 0 Å². The van der Waals surface area contributed by atoms with Crippen LogP contribution in [-0.2, 0) is 13.1 Å². The summed E-state index contributed by atoms with van der Waals surface area (Å²) in [5.74, 6) is 0. The zero-order chi connectivity index (χ0) is 12.1. The second kappa shape index (κ2) is 5.69. The summed E-state index contributed by atoms with van der Waals surface area (Å²) in [6.07, 6.45) is 5.14. The first-order valence-electron chi connectivity index (χ1n) is 6.24. The maximum Gasteiger partial charge on any atom is 0.0480 e. The number of aryl methyl sites for hydroxylation is 1. The predicted octanol–water partition coefficient (Wildman–Crippen LogP) is 3.33. The molecule has 2 aromatic rings. The smallest absolute Gasteiger partial charge is 0.0480 e. The minimum absolute atomic E-state index is 0.949. The van der Waals surface area contributed by atoms with E-state index in [1.54, 1.807) is 0 Å². The molecule has 0 aliphatic heterocycles. The number of hydrogen-bond acceptors (Lipinski definition) is 1. The van der Waals surface area contributed by atoms with E-state index in [1.165, 1.54) is 16.5 Å². The number of benzene rings is 1. The van der Waals surface area contributed by atoms with Crippen molar-refractivity contribution in [3.05, 3.63) is 48.7 Å². The van der Waals surface area contributed by atoms with Gasteiger partial charge < -0.3 is 9.88 Å². The highest BCUT2D eigenvalue weighted by Crippen LogP contribution is 2.18. The van der Waals surface area contributed by atoms with Gasteiger partial charge >= 0.3 is 0 Å². The van der Waals surface area contributed by atoms with Gasteiger partial charge in [-0.3, -0.25) is 0 Å². The number of hydrogen-bond donors (Lipinski definition) is 1. The monoisotopic (exact) mass is 228 g/mol. The summed E-state index contributed by atoms with van der Waals surface area (Å²) in [5, 5.41) is 4.67. The van der Waals surface area contributed by atoms with Crippen molar-refractivity contribution in [2.24, 2.45) is 0 Å². The molecule has 17 heavy (non-hydrogen) atoms. The van der Waals surface area contributed by atoms with Gasteiger partial charge in [-0.2, -0.15) is 0 Å². The molecule has 2 heteroatoms. The van der Waals surface area contributed by atoms with Crippen molar-refractivity contribution in [3.8, 4) is 0 Å². The van der Waals surface area contributed by atoms with Gasteiger partial charge in [0.2, 0.25) is 0 Å². The van der Waals surface area contributed by atoms with Crippen molar-refractivity contribution >= 4 is 10.9 Å². The van der Waals surface area contributed by atoms with Crippen LogP contribution in [0.5, 0.6) is 0 Å². The number of nitrogens with zero attached hydrogens (tertiary/aromatic N) is 1. The normalized spacial score (nSPS) is 10.9. The molecule has 90 valence electrons. The molecule has 0 saturated heterocycles. The summed E-state index contributed by atoms with van der Waals surface area (Å²) < 4.78 is 2.29. The fraction of sp³-hybridized carbons (Fsp3) is 0.333. The molecule has 2 nitrogen and oxygen atoms in total. The van der Waals surface area contributed by atoms with Crippen LogP contribution in [0.1, 0.15) is 18.9 Å². The number of fused-ring (bicyclic) bond motifs is 1. The molecule has 2 rings (SSSR count). The summed E-state index contributed by atoms with van der Waals surface area (Å²) in [4.78, 5) is 0. The molecule has 1 N–H and O–H groups in total. The molecule has 0 atom stereocenters. The van der Waals surface area contributed by atoms with Crippen molar-refractivity contribution in [2.75, 3.05) is 6.54 Å². The van der Waals surface area contributed by atoms with Crippen molar-refractivity contribution < 1.29 is 0 Å². The Morgan fingerprint density at radius 3 is 3.00 bits per heavy atom. The molecule has 0 spiro atoms. The molecule has 0 aliphatic rings. The number of rotatable bonds is 6. The highest BCUT2D eigenvalue weighted by atomic mass is 14.9. The summed E-state index contributed by atoms with van der Waals surface area (Å²) in [6, 6.07) is 8.87. The van der Waals surface area contributed by atoms with E-state index in [-0.39, 0.29) is 0 Å². The van der Waals surface area contributed by atoms with Crippen molar-refractivity contribution in [1.29, 1.82) is 0 Å². The fourth-order valence-corrected chi connectivity index (χ4v) is 2.05. The van der Waals surface area contributed by atoms with E-state index in [0.29, 0.717) is 0 Å². The Balaban J connectivity index is 2.21. The van der Waals surface area contributed by atoms with Crippen molar-refractivity contribution in [3.63, 3.8) is 0 Å². The van der Waals surface area contributed by atoms with Crippen LogP contribution in [0, 0.1) is 0 Å². The first-order valence-corrected chi connectivity index (χ1v) is 6.24. The quantitative estimate of drug-likeness (QED) is 0.750. The van der Waals surface area contributed by atoms with Gasteiger partial charge in [0.1, 0.15) is 0 Å². The Labute approximate surface area is 103 Å². The third-order valence-corrected chi connectivity index (χ3v) is 2.99. The van der Waals surface area contributed by atoms with Crippen molar-refractivity contribution in [2.45, 2.75) is 26.4 Å². The van der Waals surface area contributed by atoms with Gasteiger partial charge in [-0.15, -0.1) is 6.58 Å². The lowest BCUT2D eigenvalue weighted by Crippen LogP contribution is -2.11. The summed E-state index contributed by atoms with van der Waals surface area (Å²) >= 11 is 0. The van der Waals surface area contributed by atoms with E-state index in [1.807, 2.05) is 6.08 Å². The molecule has 0 unspecified atom stereocenters. The maximum atomic E-state index is 3.77. The van der Waals surface area contributed by atoms with Gasteiger partial charge in [0.25, 0.3) is 0 Å². The minimum Gasteiger partial charge on any atom is -0.347 e. The van der Waals surface area contributed by atoms with Gasteiger partial charge in [0.15, 0.2) is 0 Å². The molecule has 1 heterocycles. The van der Waals surface area contributed by atoms with Gasteiger partial charge in [-0.25, -0.2) is 0 Å². The van der Waals surface area contributed by atoms with Crippen LogP contribution in [0.4, 0.5) is 0 Å². The lowest BCUT2D eigenvalue weighted by molar-refractivity contribution is 0.726. The molecule has 0 aliphatic carbocycles. The standard InChI is InChI=1S/C15H20N2/c1-3-5-9-17-10-8-14-11-13(12-16-4-2)6-7-15(14)17/h3,6-8,10-11,16H,1,4-5,9,12H2,2H3. The average molecular weight is 228 g/mol. The topological polar surface area (TPSA) is 17.0 Å². The van der Waals surface area contributed by atoms with Crippen molar-refractivity contribution in [1.82, 2.24) is 9.88 Å². The second-order valence-corrected chi connectivity index (χ2v) is 4.26. The Morgan fingerprint density at radius 2 is 2.24 bits per heavy atom. The average Bonchev–Trinajstić information content (AvgIpc) is 2.76. The highest BCUT2D eigenvalue weighted by Gasteiger charge is 2.01. The zero-order valence-electron chi connectivity index (χ0n) is 10.4. The molecule has 0 bridgehead atoms. The fourth-order valence-electron chi connectivity index (χ4n) is 2.05. The molecular formula is C15H20N2. The number of nitrogens with one attached hydrogen (secondary N) is 1. The van der Waals surface area contributed by atoms with Crippen LogP contribution in [0.25, 0.3) is 10.9 Å². The van der Waals surface area contributed by atoms with Crippen LogP contribution in [0.2, 0.25) is 0 Å². The third-order valence-electron chi connectivity index (χ3n) is 2.99. The Hall–Kier alpha value is -1.54.